The summed E-state index contributed by atoms with van der Waals surface area (Å²) in [7, 11) is 3.12. The maximum atomic E-state index is 10.3. The number of rotatable bonds is 5. The van der Waals surface area contributed by atoms with Crippen molar-refractivity contribution in [2.75, 3.05) is 14.2 Å². The van der Waals surface area contributed by atoms with Crippen molar-refractivity contribution < 1.29 is 19.4 Å². The van der Waals surface area contributed by atoms with Crippen LogP contribution in [0.1, 0.15) is 5.56 Å². The summed E-state index contributed by atoms with van der Waals surface area (Å²) in [6.45, 7) is 0. The van der Waals surface area contributed by atoms with Crippen molar-refractivity contribution in [3.05, 3.63) is 35.9 Å². The molecule has 0 bridgehead atoms. The third-order valence-electron chi connectivity index (χ3n) is 2.08. The Kier molecular flexibility index (Phi) is 4.39. The number of carboxylic acid groups (broad SMARTS) is 1. The first kappa shape index (κ1) is 12.1. The fraction of sp³-hybridized carbons (Fsp3) is 0.250. The molecule has 4 nitrogen and oxygen atoms in total. The molecule has 0 aliphatic carbocycles. The predicted molar refractivity (Wildman–Crippen MR) is 60.0 cm³/mol. The molecule has 0 aliphatic rings. The van der Waals surface area contributed by atoms with E-state index < -0.39 is 5.97 Å². The van der Waals surface area contributed by atoms with Crippen molar-refractivity contribution in [3.8, 4) is 11.5 Å². The minimum absolute atomic E-state index is 0.493. The molecule has 0 spiro atoms. The normalized spacial score (nSPS) is 10.4. The maximum absolute atomic E-state index is 10.3. The molecule has 0 aliphatic heterocycles. The quantitative estimate of drug-likeness (QED) is 0.773. The average molecular weight is 222 g/mol. The van der Waals surface area contributed by atoms with Crippen molar-refractivity contribution in [3.63, 3.8) is 0 Å². The standard InChI is InChI=1S/C12H14O4/c1-15-10-7-3-5-9(12(10)16-2)6-4-8-11(13)14/h3-5,7-8H,6H2,1-2H3,(H,13,14). The van der Waals surface area contributed by atoms with Crippen LogP contribution in [-0.4, -0.2) is 25.3 Å². The molecule has 1 rings (SSSR count). The maximum Gasteiger partial charge on any atom is 0.327 e. The number of carbonyl (C=O) groups is 1. The van der Waals surface area contributed by atoms with Crippen LogP contribution < -0.4 is 9.47 Å². The first-order valence-electron chi connectivity index (χ1n) is 4.78. The van der Waals surface area contributed by atoms with Gasteiger partial charge in [-0.3, -0.25) is 0 Å². The summed E-state index contributed by atoms with van der Waals surface area (Å²) in [4.78, 5) is 10.3. The topological polar surface area (TPSA) is 55.8 Å². The van der Waals surface area contributed by atoms with E-state index in [4.69, 9.17) is 14.6 Å². The van der Waals surface area contributed by atoms with Gasteiger partial charge in [0.2, 0.25) is 0 Å². The summed E-state index contributed by atoms with van der Waals surface area (Å²) < 4.78 is 10.4. The monoisotopic (exact) mass is 222 g/mol. The summed E-state index contributed by atoms with van der Waals surface area (Å²) in [6.07, 6.45) is 3.17. The lowest BCUT2D eigenvalue weighted by molar-refractivity contribution is -0.131. The van der Waals surface area contributed by atoms with Gasteiger partial charge in [0, 0.05) is 11.6 Å². The van der Waals surface area contributed by atoms with Crippen molar-refractivity contribution in [2.24, 2.45) is 0 Å². The number of benzene rings is 1. The first-order valence-corrected chi connectivity index (χ1v) is 4.78. The lowest BCUT2D eigenvalue weighted by atomic mass is 10.1. The van der Waals surface area contributed by atoms with Crippen LogP contribution in [0.25, 0.3) is 0 Å². The van der Waals surface area contributed by atoms with E-state index in [0.29, 0.717) is 17.9 Å². The van der Waals surface area contributed by atoms with E-state index in [-0.39, 0.29) is 0 Å². The Hall–Kier alpha value is -1.97. The third kappa shape index (κ3) is 3.02. The molecule has 0 saturated heterocycles. The van der Waals surface area contributed by atoms with Gasteiger partial charge in [-0.05, 0) is 12.5 Å². The Balaban J connectivity index is 2.90. The van der Waals surface area contributed by atoms with Crippen LogP contribution in [0.2, 0.25) is 0 Å². The van der Waals surface area contributed by atoms with Crippen molar-refractivity contribution in [1.29, 1.82) is 0 Å². The van der Waals surface area contributed by atoms with Crippen molar-refractivity contribution in [2.45, 2.75) is 6.42 Å². The van der Waals surface area contributed by atoms with E-state index in [9.17, 15) is 4.79 Å². The van der Waals surface area contributed by atoms with Gasteiger partial charge in [0.15, 0.2) is 11.5 Å². The molecule has 1 N–H and O–H groups in total. The van der Waals surface area contributed by atoms with Crippen LogP contribution in [-0.2, 0) is 11.2 Å². The Morgan fingerprint density at radius 3 is 2.69 bits per heavy atom. The number of hydrogen-bond donors (Lipinski definition) is 1. The Labute approximate surface area is 94.1 Å². The minimum atomic E-state index is -0.957. The van der Waals surface area contributed by atoms with E-state index in [1.54, 1.807) is 26.4 Å². The first-order chi connectivity index (χ1) is 7.69. The van der Waals surface area contributed by atoms with E-state index >= 15 is 0 Å². The molecule has 0 radical (unpaired) electrons. The highest BCUT2D eigenvalue weighted by Gasteiger charge is 2.07. The number of methoxy groups -OCH3 is 2. The predicted octanol–water partition coefficient (Wildman–Crippen LogP) is 1.89. The summed E-state index contributed by atoms with van der Waals surface area (Å²) in [5, 5.41) is 8.48. The molecule has 0 aromatic heterocycles. The minimum Gasteiger partial charge on any atom is -0.493 e. The van der Waals surface area contributed by atoms with E-state index in [2.05, 4.69) is 0 Å². The van der Waals surface area contributed by atoms with Gasteiger partial charge in [-0.15, -0.1) is 0 Å². The van der Waals surface area contributed by atoms with Crippen LogP contribution in [0.15, 0.2) is 30.4 Å². The van der Waals surface area contributed by atoms with Crippen molar-refractivity contribution in [1.82, 2.24) is 0 Å². The molecule has 0 fully saturated rings. The molecule has 1 aromatic carbocycles. The highest BCUT2D eigenvalue weighted by Crippen LogP contribution is 2.30. The van der Waals surface area contributed by atoms with Gasteiger partial charge in [0.1, 0.15) is 0 Å². The molecular weight excluding hydrogens is 208 g/mol. The smallest absolute Gasteiger partial charge is 0.327 e. The van der Waals surface area contributed by atoms with Gasteiger partial charge in [0.05, 0.1) is 14.2 Å². The van der Waals surface area contributed by atoms with E-state index in [1.165, 1.54) is 0 Å². The zero-order valence-electron chi connectivity index (χ0n) is 9.27. The van der Waals surface area contributed by atoms with Gasteiger partial charge in [-0.2, -0.15) is 0 Å². The SMILES string of the molecule is COc1cccc(CC=CC(=O)O)c1OC. The molecule has 16 heavy (non-hydrogen) atoms. The summed E-state index contributed by atoms with van der Waals surface area (Å²) in [6, 6.07) is 5.50. The van der Waals surface area contributed by atoms with Gasteiger partial charge >= 0.3 is 5.97 Å². The molecule has 4 heteroatoms. The highest BCUT2D eigenvalue weighted by atomic mass is 16.5. The Bertz CT molecular complexity index is 396. The number of carboxylic acids is 1. The fourth-order valence-corrected chi connectivity index (χ4v) is 1.40. The molecule has 86 valence electrons. The van der Waals surface area contributed by atoms with Crippen LogP contribution in [0.5, 0.6) is 11.5 Å². The number of allylic oxidation sites excluding steroid dienone is 1. The molecule has 0 heterocycles. The average Bonchev–Trinajstić information content (AvgIpc) is 2.28. The van der Waals surface area contributed by atoms with Crippen LogP contribution >= 0.6 is 0 Å². The molecule has 0 saturated carbocycles. The second-order valence-corrected chi connectivity index (χ2v) is 3.10. The molecule has 0 unspecified atom stereocenters. The fourth-order valence-electron chi connectivity index (χ4n) is 1.40. The zero-order valence-corrected chi connectivity index (χ0v) is 9.27. The van der Waals surface area contributed by atoms with Crippen molar-refractivity contribution >= 4 is 5.97 Å². The number of hydrogen-bond acceptors (Lipinski definition) is 3. The summed E-state index contributed by atoms with van der Waals surface area (Å²) >= 11 is 0. The van der Waals surface area contributed by atoms with Gasteiger partial charge in [-0.25, -0.2) is 4.79 Å². The molecular formula is C12H14O4. The summed E-state index contributed by atoms with van der Waals surface area (Å²) in [5.74, 6) is 0.325. The Morgan fingerprint density at radius 1 is 1.38 bits per heavy atom. The van der Waals surface area contributed by atoms with Crippen LogP contribution in [0.4, 0.5) is 0 Å². The van der Waals surface area contributed by atoms with E-state index in [1.807, 2.05) is 12.1 Å². The summed E-state index contributed by atoms with van der Waals surface area (Å²) in [5.41, 5.74) is 0.888. The third-order valence-corrected chi connectivity index (χ3v) is 2.08. The van der Waals surface area contributed by atoms with Crippen LogP contribution in [0.3, 0.4) is 0 Å². The highest BCUT2D eigenvalue weighted by molar-refractivity contribution is 5.79. The molecule has 0 amide bonds. The molecule has 0 atom stereocenters. The second-order valence-electron chi connectivity index (χ2n) is 3.10. The lowest BCUT2D eigenvalue weighted by Gasteiger charge is -2.10. The largest absolute Gasteiger partial charge is 0.493 e. The van der Waals surface area contributed by atoms with Gasteiger partial charge < -0.3 is 14.6 Å². The second kappa shape index (κ2) is 5.80. The van der Waals surface area contributed by atoms with E-state index in [0.717, 1.165) is 11.6 Å². The zero-order chi connectivity index (χ0) is 12.0. The van der Waals surface area contributed by atoms with Gasteiger partial charge in [-0.1, -0.05) is 18.2 Å². The number of ether oxygens (including phenoxy) is 2. The number of aliphatic carboxylic acids is 1. The lowest BCUT2D eigenvalue weighted by Crippen LogP contribution is -1.95. The molecule has 1 aromatic rings. The van der Waals surface area contributed by atoms with Crippen LogP contribution in [0, 0.1) is 0 Å². The number of para-hydroxylation sites is 1. The Morgan fingerprint density at radius 2 is 2.12 bits per heavy atom. The van der Waals surface area contributed by atoms with Gasteiger partial charge in [0.25, 0.3) is 0 Å².